The molecule has 7 atom stereocenters. The van der Waals surface area contributed by atoms with Crippen molar-refractivity contribution in [1.29, 1.82) is 0 Å². The molecule has 1 aromatic rings. The molecule has 1 saturated carbocycles. The van der Waals surface area contributed by atoms with Crippen LogP contribution in [0.25, 0.3) is 0 Å². The van der Waals surface area contributed by atoms with Gasteiger partial charge in [0.1, 0.15) is 36.8 Å². The number of likely N-dealkylation sites (N-methyl/N-ethyl adjacent to an activating group) is 1. The van der Waals surface area contributed by atoms with E-state index in [0.717, 1.165) is 49.7 Å². The Morgan fingerprint density at radius 1 is 0.873 bits per heavy atom. The number of carbonyl (C=O) groups excluding carboxylic acids is 6. The van der Waals surface area contributed by atoms with Gasteiger partial charge in [0.05, 0.1) is 12.0 Å². The number of esters is 1. The number of nitrogens with one attached hydrogen (secondary N) is 4. The van der Waals surface area contributed by atoms with Gasteiger partial charge in [0.25, 0.3) is 0 Å². The standard InChI is InChI=1S/C41H66N6O8/c1-7-8-9-13-16-33-30(22-28-19-17-26(4)18-20-28)41(54)47(6)32(21-25(2)3)38(51)46-36(29-14-11-10-12-15-29)40(53)44-31(23-42)37(50)45-35(27(5)48)39(52)43-24-34(49)55-33/h17-20,25,27,29-33,35-36,48H,7-16,21-24,42H2,1-6H3,(H,43,52)(H,44,53)(H,45,50)(H,46,51)/t27-,30+,31-,32-,33+,35-,36-/m0/s1. The molecule has 55 heavy (non-hydrogen) atoms. The summed E-state index contributed by atoms with van der Waals surface area (Å²) in [5.41, 5.74) is 7.83. The van der Waals surface area contributed by atoms with Crippen LogP contribution in [0.2, 0.25) is 0 Å². The Hall–Kier alpha value is -4.04. The summed E-state index contributed by atoms with van der Waals surface area (Å²) < 4.78 is 6.05. The molecule has 0 aromatic heterocycles. The lowest BCUT2D eigenvalue weighted by Gasteiger charge is -2.36. The predicted octanol–water partition coefficient (Wildman–Crippen LogP) is 2.41. The fourth-order valence-electron chi connectivity index (χ4n) is 7.52. The summed E-state index contributed by atoms with van der Waals surface area (Å²) in [4.78, 5) is 85.0. The van der Waals surface area contributed by atoms with E-state index in [1.165, 1.54) is 11.8 Å². The molecule has 0 unspecified atom stereocenters. The van der Waals surface area contributed by atoms with Gasteiger partial charge < -0.3 is 41.7 Å². The third-order valence-corrected chi connectivity index (χ3v) is 10.8. The van der Waals surface area contributed by atoms with Gasteiger partial charge in [-0.15, -0.1) is 0 Å². The molecule has 0 radical (unpaired) electrons. The smallest absolute Gasteiger partial charge is 0.325 e. The van der Waals surface area contributed by atoms with Gasteiger partial charge in [0, 0.05) is 13.6 Å². The average Bonchev–Trinajstić information content (AvgIpc) is 3.16. The van der Waals surface area contributed by atoms with E-state index in [9.17, 15) is 33.9 Å². The van der Waals surface area contributed by atoms with Crippen molar-refractivity contribution in [1.82, 2.24) is 26.2 Å². The fourth-order valence-corrected chi connectivity index (χ4v) is 7.52. The van der Waals surface area contributed by atoms with Crippen molar-refractivity contribution >= 4 is 35.5 Å². The zero-order valence-electron chi connectivity index (χ0n) is 33.7. The van der Waals surface area contributed by atoms with Crippen LogP contribution in [0, 0.1) is 24.7 Å². The largest absolute Gasteiger partial charge is 0.460 e. The molecule has 1 aliphatic heterocycles. The first-order chi connectivity index (χ1) is 26.2. The second kappa shape index (κ2) is 22.5. The molecule has 14 heteroatoms. The summed E-state index contributed by atoms with van der Waals surface area (Å²) in [7, 11) is 1.58. The SMILES string of the molecule is CCCCCC[C@H]1OC(=O)CNC(=O)[C@H]([C@H](C)O)NC(=O)[C@H](CN)NC(=O)[C@H](C2CCCCC2)NC(=O)[C@H](CC(C)C)N(C)C(=O)[C@@H]1Cc1ccc(C)cc1. The van der Waals surface area contributed by atoms with Gasteiger partial charge in [-0.1, -0.05) is 89.1 Å². The molecule has 2 aliphatic rings. The molecule has 1 saturated heterocycles. The van der Waals surface area contributed by atoms with Gasteiger partial charge in [-0.25, -0.2) is 0 Å². The molecule has 1 aliphatic carbocycles. The maximum absolute atomic E-state index is 14.9. The molecule has 0 bridgehead atoms. The zero-order chi connectivity index (χ0) is 40.7. The number of rotatable bonds is 12. The van der Waals surface area contributed by atoms with Gasteiger partial charge in [-0.05, 0) is 69.8 Å². The van der Waals surface area contributed by atoms with E-state index in [-0.39, 0.29) is 30.7 Å². The van der Waals surface area contributed by atoms with Crippen LogP contribution in [0.3, 0.4) is 0 Å². The van der Waals surface area contributed by atoms with Gasteiger partial charge in [0.2, 0.25) is 29.5 Å². The molecule has 0 spiro atoms. The minimum Gasteiger partial charge on any atom is -0.460 e. The molecule has 7 N–H and O–H groups in total. The minimum absolute atomic E-state index is 0.0106. The van der Waals surface area contributed by atoms with Crippen molar-refractivity contribution in [2.75, 3.05) is 20.1 Å². The Balaban J connectivity index is 2.15. The predicted molar refractivity (Wildman–Crippen MR) is 209 cm³/mol. The third kappa shape index (κ3) is 13.9. The van der Waals surface area contributed by atoms with Gasteiger partial charge in [-0.3, -0.25) is 28.8 Å². The number of cyclic esters (lactones) is 1. The molecular formula is C41H66N6O8. The summed E-state index contributed by atoms with van der Waals surface area (Å²) >= 11 is 0. The lowest BCUT2D eigenvalue weighted by atomic mass is 9.83. The van der Waals surface area contributed by atoms with Crippen molar-refractivity contribution in [2.24, 2.45) is 23.5 Å². The van der Waals surface area contributed by atoms with Crippen LogP contribution in [0.15, 0.2) is 24.3 Å². The number of nitrogens with zero attached hydrogens (tertiary/aromatic N) is 1. The summed E-state index contributed by atoms with van der Waals surface area (Å²) in [6.07, 6.45) is 6.14. The van der Waals surface area contributed by atoms with Gasteiger partial charge >= 0.3 is 5.97 Å². The van der Waals surface area contributed by atoms with Crippen molar-refractivity contribution in [3.05, 3.63) is 35.4 Å². The highest BCUT2D eigenvalue weighted by molar-refractivity contribution is 5.96. The Morgan fingerprint density at radius 3 is 2.15 bits per heavy atom. The number of ether oxygens (including phenoxy) is 1. The molecule has 1 heterocycles. The van der Waals surface area contributed by atoms with E-state index in [0.29, 0.717) is 32.1 Å². The number of benzene rings is 1. The molecule has 5 amide bonds. The number of aliphatic hydroxyl groups excluding tert-OH is 1. The average molecular weight is 771 g/mol. The third-order valence-electron chi connectivity index (χ3n) is 10.8. The first-order valence-electron chi connectivity index (χ1n) is 20.2. The lowest BCUT2D eigenvalue weighted by Crippen LogP contribution is -2.62. The number of aryl methyl sites for hydroxylation is 1. The fraction of sp³-hybridized carbons (Fsp3) is 0.707. The van der Waals surface area contributed by atoms with Crippen LogP contribution < -0.4 is 27.0 Å². The quantitative estimate of drug-likeness (QED) is 0.136. The van der Waals surface area contributed by atoms with E-state index in [1.54, 1.807) is 7.05 Å². The van der Waals surface area contributed by atoms with Gasteiger partial charge in [0.15, 0.2) is 0 Å². The summed E-state index contributed by atoms with van der Waals surface area (Å²) in [6.45, 7) is 8.33. The number of aliphatic hydroxyl groups is 1. The number of hydrogen-bond acceptors (Lipinski definition) is 9. The van der Waals surface area contributed by atoms with E-state index in [1.807, 2.05) is 45.0 Å². The second-order valence-electron chi connectivity index (χ2n) is 15.9. The molecule has 3 rings (SSSR count). The molecule has 1 aromatic carbocycles. The van der Waals surface area contributed by atoms with Crippen LogP contribution >= 0.6 is 0 Å². The number of unbranched alkanes of at least 4 members (excludes halogenated alkanes) is 3. The summed E-state index contributed by atoms with van der Waals surface area (Å²) in [6, 6.07) is 2.96. The number of carbonyl (C=O) groups is 6. The van der Waals surface area contributed by atoms with Crippen molar-refractivity contribution < 1.29 is 38.6 Å². The topological polar surface area (TPSA) is 209 Å². The lowest BCUT2D eigenvalue weighted by molar-refractivity contribution is -0.158. The van der Waals surface area contributed by atoms with Gasteiger partial charge in [-0.2, -0.15) is 0 Å². The van der Waals surface area contributed by atoms with Crippen LogP contribution in [-0.4, -0.2) is 102 Å². The van der Waals surface area contributed by atoms with E-state index in [4.69, 9.17) is 10.5 Å². The van der Waals surface area contributed by atoms with E-state index < -0.39 is 78.4 Å². The highest BCUT2D eigenvalue weighted by Gasteiger charge is 2.41. The first kappa shape index (κ1) is 45.4. The monoisotopic (exact) mass is 770 g/mol. The highest BCUT2D eigenvalue weighted by atomic mass is 16.5. The number of hydrogen-bond donors (Lipinski definition) is 6. The van der Waals surface area contributed by atoms with Crippen LogP contribution in [0.1, 0.15) is 109 Å². The number of nitrogens with two attached hydrogens (primary N) is 1. The molecule has 14 nitrogen and oxygen atoms in total. The molecule has 308 valence electrons. The van der Waals surface area contributed by atoms with Crippen molar-refractivity contribution in [2.45, 2.75) is 148 Å². The van der Waals surface area contributed by atoms with E-state index >= 15 is 0 Å². The van der Waals surface area contributed by atoms with Crippen LogP contribution in [-0.2, 0) is 39.9 Å². The molecular weight excluding hydrogens is 704 g/mol. The maximum Gasteiger partial charge on any atom is 0.325 e. The Bertz CT molecular complexity index is 1430. The normalized spacial score (nSPS) is 26.5. The van der Waals surface area contributed by atoms with Crippen molar-refractivity contribution in [3.8, 4) is 0 Å². The minimum atomic E-state index is -1.49. The van der Waals surface area contributed by atoms with E-state index in [2.05, 4.69) is 28.2 Å². The first-order valence-corrected chi connectivity index (χ1v) is 20.2. The maximum atomic E-state index is 14.9. The van der Waals surface area contributed by atoms with Crippen molar-refractivity contribution in [3.63, 3.8) is 0 Å². The summed E-state index contributed by atoms with van der Waals surface area (Å²) in [5, 5.41) is 21.1. The Labute approximate surface area is 326 Å². The molecule has 2 fully saturated rings. The number of amides is 5. The highest BCUT2D eigenvalue weighted by Crippen LogP contribution is 2.28. The summed E-state index contributed by atoms with van der Waals surface area (Å²) in [5.74, 6) is -5.09. The van der Waals surface area contributed by atoms with Crippen LogP contribution in [0.4, 0.5) is 0 Å². The Morgan fingerprint density at radius 2 is 1.55 bits per heavy atom. The van der Waals surface area contributed by atoms with Crippen LogP contribution in [0.5, 0.6) is 0 Å². The Kier molecular flexibility index (Phi) is 18.6. The zero-order valence-corrected chi connectivity index (χ0v) is 33.7. The second-order valence-corrected chi connectivity index (χ2v) is 15.9.